The highest BCUT2D eigenvalue weighted by Gasteiger charge is 2.45. The van der Waals surface area contributed by atoms with E-state index in [9.17, 15) is 22.0 Å². The van der Waals surface area contributed by atoms with Crippen molar-refractivity contribution in [2.75, 3.05) is 18.6 Å². The number of aromatic nitrogens is 4. The molecule has 0 fully saturated rings. The molecule has 172 valence electrons. The molecule has 12 heteroatoms. The third kappa shape index (κ3) is 3.83. The lowest BCUT2D eigenvalue weighted by molar-refractivity contribution is -0.276. The summed E-state index contributed by atoms with van der Waals surface area (Å²) in [5.74, 6) is 0.386. The third-order valence-electron chi connectivity index (χ3n) is 5.27. The molecule has 0 radical (unpaired) electrons. The zero-order valence-corrected chi connectivity index (χ0v) is 17.5. The summed E-state index contributed by atoms with van der Waals surface area (Å²) in [5.41, 5.74) is 1.85. The van der Waals surface area contributed by atoms with Gasteiger partial charge in [0.2, 0.25) is 5.95 Å². The number of aryl methyl sites for hydroxylation is 3. The van der Waals surface area contributed by atoms with Crippen molar-refractivity contribution in [1.29, 1.82) is 0 Å². The molecule has 1 aliphatic rings. The number of halogens is 5. The minimum absolute atomic E-state index is 0.111. The summed E-state index contributed by atoms with van der Waals surface area (Å²) in [6.45, 7) is 0.865. The quantitative estimate of drug-likeness (QED) is 0.511. The number of hydrogen-bond acceptors (Lipinski definition) is 6. The van der Waals surface area contributed by atoms with Crippen LogP contribution >= 0.6 is 0 Å². The Kier molecular flexibility index (Phi) is 5.65. The van der Waals surface area contributed by atoms with Crippen molar-refractivity contribution in [3.8, 4) is 6.01 Å². The Morgan fingerprint density at radius 1 is 1.03 bits per heavy atom. The van der Waals surface area contributed by atoms with Gasteiger partial charge in [0.25, 0.3) is 0 Å². The minimum Gasteiger partial charge on any atom is -0.467 e. The second-order valence-corrected chi connectivity index (χ2v) is 7.33. The van der Waals surface area contributed by atoms with Crippen LogP contribution in [0.2, 0.25) is 0 Å². The summed E-state index contributed by atoms with van der Waals surface area (Å²) in [5, 5.41) is 0. The Hall–Kier alpha value is -3.02. The zero-order chi connectivity index (χ0) is 23.2. The molecular weight excluding hydrogens is 437 g/mol. The summed E-state index contributed by atoms with van der Waals surface area (Å²) in [6, 6.07) is 4.24. The fourth-order valence-corrected chi connectivity index (χ4v) is 4.12. The number of imidazole rings is 1. The van der Waals surface area contributed by atoms with Gasteiger partial charge < -0.3 is 18.9 Å². The maximum atomic E-state index is 13.6. The van der Waals surface area contributed by atoms with Gasteiger partial charge in [0.15, 0.2) is 6.10 Å². The van der Waals surface area contributed by atoms with Crippen molar-refractivity contribution in [2.45, 2.75) is 45.7 Å². The molecule has 0 amide bonds. The average Bonchev–Trinajstić information content (AvgIpc) is 3.10. The molecule has 0 aliphatic carbocycles. The molecule has 0 spiro atoms. The largest absolute Gasteiger partial charge is 0.467 e. The van der Waals surface area contributed by atoms with Gasteiger partial charge in [0.05, 0.1) is 35.2 Å². The predicted molar refractivity (Wildman–Crippen MR) is 105 cm³/mol. The Morgan fingerprint density at radius 3 is 2.31 bits per heavy atom. The van der Waals surface area contributed by atoms with Crippen LogP contribution in [0.25, 0.3) is 11.0 Å². The van der Waals surface area contributed by atoms with Gasteiger partial charge in [-0.2, -0.15) is 31.9 Å². The molecule has 0 saturated carbocycles. The van der Waals surface area contributed by atoms with Crippen molar-refractivity contribution in [3.05, 3.63) is 35.2 Å². The van der Waals surface area contributed by atoms with E-state index < -0.39 is 24.5 Å². The van der Waals surface area contributed by atoms with E-state index >= 15 is 0 Å². The lowest BCUT2D eigenvalue weighted by Crippen LogP contribution is -2.30. The Bertz CT molecular complexity index is 1120. The Balaban J connectivity index is 1.90. The van der Waals surface area contributed by atoms with Crippen LogP contribution in [0.3, 0.4) is 0 Å². The number of hydrogen-bond donors (Lipinski definition) is 0. The lowest BCUT2D eigenvalue weighted by atomic mass is 10.1. The van der Waals surface area contributed by atoms with Gasteiger partial charge in [-0.25, -0.2) is 4.98 Å². The van der Waals surface area contributed by atoms with E-state index in [0.717, 1.165) is 6.07 Å². The molecule has 1 aliphatic heterocycles. The molecule has 4 rings (SSSR count). The molecule has 3 heterocycles. The fraction of sp³-hybridized carbons (Fsp3) is 0.450. The van der Waals surface area contributed by atoms with Crippen LogP contribution in [0.15, 0.2) is 18.2 Å². The third-order valence-corrected chi connectivity index (χ3v) is 5.27. The highest BCUT2D eigenvalue weighted by atomic mass is 19.4. The SMILES string of the molecule is COc1nc(C)c(N2CCCn3c2nc2cccc(C(OC(F)F)C(F)(F)F)c23)c(C)n1. The lowest BCUT2D eigenvalue weighted by Gasteiger charge is -2.31. The average molecular weight is 457 g/mol. The van der Waals surface area contributed by atoms with Crippen molar-refractivity contribution in [1.82, 2.24) is 19.5 Å². The Labute approximate surface area is 179 Å². The van der Waals surface area contributed by atoms with Gasteiger partial charge in [-0.3, -0.25) is 0 Å². The van der Waals surface area contributed by atoms with E-state index in [4.69, 9.17) is 4.74 Å². The van der Waals surface area contributed by atoms with Crippen molar-refractivity contribution in [3.63, 3.8) is 0 Å². The van der Waals surface area contributed by atoms with E-state index in [0.29, 0.717) is 42.5 Å². The smallest absolute Gasteiger partial charge is 0.419 e. The summed E-state index contributed by atoms with van der Waals surface area (Å²) in [4.78, 5) is 15.0. The standard InChI is InChI=1S/C20H20F5N5O2/c1-10-14(11(2)27-18(26-10)31-3)29-8-5-9-30-15-12(6-4-7-13(15)28-19(29)30)16(20(23,24)25)32-17(21)22/h4,6-7,16-17H,5,8-9H2,1-3H3. The molecule has 1 unspecified atom stereocenters. The van der Waals surface area contributed by atoms with Gasteiger partial charge in [-0.15, -0.1) is 0 Å². The topological polar surface area (TPSA) is 65.3 Å². The van der Waals surface area contributed by atoms with Crippen LogP contribution in [0.1, 0.15) is 29.5 Å². The number of rotatable bonds is 5. The molecule has 3 aromatic rings. The van der Waals surface area contributed by atoms with Gasteiger partial charge in [-0.1, -0.05) is 12.1 Å². The highest BCUT2D eigenvalue weighted by Crippen LogP contribution is 2.42. The van der Waals surface area contributed by atoms with Crippen LogP contribution in [0.4, 0.5) is 33.6 Å². The van der Waals surface area contributed by atoms with Gasteiger partial charge in [0, 0.05) is 18.7 Å². The first-order chi connectivity index (χ1) is 15.1. The number of fused-ring (bicyclic) bond motifs is 3. The fourth-order valence-electron chi connectivity index (χ4n) is 4.12. The van der Waals surface area contributed by atoms with Crippen molar-refractivity contribution < 1.29 is 31.4 Å². The first kappa shape index (κ1) is 22.2. The normalized spacial score (nSPS) is 15.3. The van der Waals surface area contributed by atoms with Crippen LogP contribution < -0.4 is 9.64 Å². The van der Waals surface area contributed by atoms with Gasteiger partial charge >= 0.3 is 18.8 Å². The number of ether oxygens (including phenoxy) is 2. The van der Waals surface area contributed by atoms with E-state index in [-0.39, 0.29) is 17.0 Å². The number of para-hydroxylation sites is 1. The second kappa shape index (κ2) is 8.15. The summed E-state index contributed by atoms with van der Waals surface area (Å²) >= 11 is 0. The van der Waals surface area contributed by atoms with E-state index in [1.54, 1.807) is 24.5 Å². The predicted octanol–water partition coefficient (Wildman–Crippen LogP) is 4.84. The first-order valence-corrected chi connectivity index (χ1v) is 9.78. The van der Waals surface area contributed by atoms with E-state index in [1.165, 1.54) is 13.2 Å². The Morgan fingerprint density at radius 2 is 1.72 bits per heavy atom. The highest BCUT2D eigenvalue weighted by molar-refractivity contribution is 5.84. The zero-order valence-electron chi connectivity index (χ0n) is 17.5. The van der Waals surface area contributed by atoms with E-state index in [2.05, 4.69) is 19.7 Å². The first-order valence-electron chi connectivity index (χ1n) is 9.78. The molecule has 32 heavy (non-hydrogen) atoms. The summed E-state index contributed by atoms with van der Waals surface area (Å²) < 4.78 is 77.2. The second-order valence-electron chi connectivity index (χ2n) is 7.33. The van der Waals surface area contributed by atoms with E-state index in [1.807, 2.05) is 4.90 Å². The molecular formula is C20H20F5N5O2. The molecule has 1 atom stereocenters. The summed E-state index contributed by atoms with van der Waals surface area (Å²) in [7, 11) is 1.45. The van der Waals surface area contributed by atoms with Crippen molar-refractivity contribution in [2.24, 2.45) is 0 Å². The number of methoxy groups -OCH3 is 1. The van der Waals surface area contributed by atoms with Crippen LogP contribution in [-0.2, 0) is 11.3 Å². The molecule has 0 bridgehead atoms. The maximum absolute atomic E-state index is 13.6. The molecule has 0 N–H and O–H groups in total. The van der Waals surface area contributed by atoms with Crippen LogP contribution in [0, 0.1) is 13.8 Å². The van der Waals surface area contributed by atoms with Gasteiger partial charge in [0.1, 0.15) is 0 Å². The number of nitrogens with zero attached hydrogens (tertiary/aromatic N) is 5. The van der Waals surface area contributed by atoms with Crippen LogP contribution in [0.5, 0.6) is 6.01 Å². The number of benzene rings is 1. The molecule has 7 nitrogen and oxygen atoms in total. The van der Waals surface area contributed by atoms with Gasteiger partial charge in [-0.05, 0) is 26.3 Å². The number of alkyl halides is 5. The summed E-state index contributed by atoms with van der Waals surface area (Å²) in [6.07, 6.45) is -7.22. The molecule has 2 aromatic heterocycles. The van der Waals surface area contributed by atoms with Crippen molar-refractivity contribution >= 4 is 22.7 Å². The number of anilines is 2. The minimum atomic E-state index is -5.03. The monoisotopic (exact) mass is 457 g/mol. The maximum Gasteiger partial charge on any atom is 0.419 e. The molecule has 1 aromatic carbocycles. The molecule has 0 saturated heterocycles. The van der Waals surface area contributed by atoms with Crippen LogP contribution in [-0.4, -0.2) is 46.0 Å².